The van der Waals surface area contributed by atoms with Crippen molar-refractivity contribution >= 4 is 11.5 Å². The summed E-state index contributed by atoms with van der Waals surface area (Å²) in [7, 11) is 0. The lowest BCUT2D eigenvalue weighted by Gasteiger charge is -2.20. The lowest BCUT2D eigenvalue weighted by molar-refractivity contribution is 0.136. The van der Waals surface area contributed by atoms with Crippen LogP contribution in [0.1, 0.15) is 13.3 Å². The van der Waals surface area contributed by atoms with E-state index in [1.807, 2.05) is 31.5 Å². The third-order valence-electron chi connectivity index (χ3n) is 3.64. The summed E-state index contributed by atoms with van der Waals surface area (Å²) in [5.41, 5.74) is 0.975. The van der Waals surface area contributed by atoms with Gasteiger partial charge in [0.15, 0.2) is 0 Å². The molecule has 0 bridgehead atoms. The molecular weight excluding hydrogens is 214 g/mol. The summed E-state index contributed by atoms with van der Waals surface area (Å²) in [4.78, 5) is 6.62. The van der Waals surface area contributed by atoms with Gasteiger partial charge >= 0.3 is 0 Å². The molecule has 90 valence electrons. The van der Waals surface area contributed by atoms with Gasteiger partial charge in [0.25, 0.3) is 0 Å². The van der Waals surface area contributed by atoms with E-state index in [0.29, 0.717) is 5.92 Å². The first-order chi connectivity index (χ1) is 8.25. The second-order valence-corrected chi connectivity index (χ2v) is 4.77. The van der Waals surface area contributed by atoms with Crippen LogP contribution in [0.5, 0.6) is 0 Å². The van der Waals surface area contributed by atoms with Crippen LogP contribution >= 0.6 is 0 Å². The van der Waals surface area contributed by atoms with E-state index >= 15 is 0 Å². The number of rotatable bonds is 2. The van der Waals surface area contributed by atoms with Gasteiger partial charge < -0.3 is 10.0 Å². The Balaban J connectivity index is 1.92. The van der Waals surface area contributed by atoms with Crippen molar-refractivity contribution in [2.45, 2.75) is 19.4 Å². The molecule has 0 amide bonds. The van der Waals surface area contributed by atoms with Crippen molar-refractivity contribution in [3.05, 3.63) is 30.6 Å². The van der Waals surface area contributed by atoms with Crippen LogP contribution in [-0.4, -0.2) is 33.7 Å². The molecule has 4 heteroatoms. The third-order valence-corrected chi connectivity index (χ3v) is 3.64. The van der Waals surface area contributed by atoms with E-state index < -0.39 is 0 Å². The molecule has 0 aromatic carbocycles. The maximum Gasteiger partial charge on any atom is 0.138 e. The Kier molecular flexibility index (Phi) is 2.52. The van der Waals surface area contributed by atoms with Crippen molar-refractivity contribution in [2.24, 2.45) is 5.92 Å². The largest absolute Gasteiger partial charge is 0.393 e. The molecule has 2 unspecified atom stereocenters. The number of pyridine rings is 1. The number of hydrogen-bond donors (Lipinski definition) is 1. The number of fused-ring (bicyclic) bond motifs is 1. The van der Waals surface area contributed by atoms with Crippen LogP contribution in [0, 0.1) is 5.92 Å². The first-order valence-corrected chi connectivity index (χ1v) is 6.11. The van der Waals surface area contributed by atoms with Crippen LogP contribution in [0.25, 0.3) is 5.65 Å². The van der Waals surface area contributed by atoms with E-state index in [2.05, 4.69) is 20.4 Å². The average Bonchev–Trinajstić information content (AvgIpc) is 2.97. The minimum Gasteiger partial charge on any atom is -0.393 e. The van der Waals surface area contributed by atoms with E-state index in [9.17, 15) is 5.11 Å². The number of hydrogen-bond acceptors (Lipinski definition) is 3. The summed E-state index contributed by atoms with van der Waals surface area (Å²) in [6, 6.07) is 6.15. The highest BCUT2D eigenvalue weighted by Crippen LogP contribution is 2.26. The summed E-state index contributed by atoms with van der Waals surface area (Å²) in [5.74, 6) is 1.55. The minimum atomic E-state index is -0.220. The fourth-order valence-corrected chi connectivity index (χ4v) is 2.58. The average molecular weight is 231 g/mol. The second-order valence-electron chi connectivity index (χ2n) is 4.77. The third kappa shape index (κ3) is 1.78. The second kappa shape index (κ2) is 4.04. The molecule has 17 heavy (non-hydrogen) atoms. The molecule has 3 heterocycles. The summed E-state index contributed by atoms with van der Waals surface area (Å²) in [6.07, 6.45) is 4.64. The highest BCUT2D eigenvalue weighted by atomic mass is 16.3. The topological polar surface area (TPSA) is 40.8 Å². The molecule has 1 aliphatic rings. The van der Waals surface area contributed by atoms with Crippen molar-refractivity contribution in [3.8, 4) is 0 Å². The Bertz CT molecular complexity index is 520. The highest BCUT2D eigenvalue weighted by molar-refractivity contribution is 5.52. The van der Waals surface area contributed by atoms with Crippen molar-refractivity contribution in [1.82, 2.24) is 9.38 Å². The molecule has 3 rings (SSSR count). The molecule has 0 aliphatic carbocycles. The molecule has 0 spiro atoms. The number of anilines is 1. The smallest absolute Gasteiger partial charge is 0.138 e. The quantitative estimate of drug-likeness (QED) is 0.852. The fourth-order valence-electron chi connectivity index (χ4n) is 2.58. The summed E-state index contributed by atoms with van der Waals surface area (Å²) < 4.78 is 2.10. The molecule has 2 aromatic heterocycles. The van der Waals surface area contributed by atoms with Crippen molar-refractivity contribution < 1.29 is 5.11 Å². The highest BCUT2D eigenvalue weighted by Gasteiger charge is 2.27. The molecule has 2 aromatic rings. The maximum atomic E-state index is 9.64. The summed E-state index contributed by atoms with van der Waals surface area (Å²) in [5, 5.41) is 9.64. The van der Waals surface area contributed by atoms with Crippen molar-refractivity contribution in [1.29, 1.82) is 0 Å². The number of imidazole rings is 1. The van der Waals surface area contributed by atoms with Gasteiger partial charge in [-0.05, 0) is 25.5 Å². The van der Waals surface area contributed by atoms with E-state index in [1.54, 1.807) is 0 Å². The van der Waals surface area contributed by atoms with E-state index in [4.69, 9.17) is 0 Å². The van der Waals surface area contributed by atoms with Gasteiger partial charge in [0, 0.05) is 31.4 Å². The van der Waals surface area contributed by atoms with Crippen molar-refractivity contribution in [2.75, 3.05) is 18.0 Å². The zero-order valence-corrected chi connectivity index (χ0v) is 9.95. The van der Waals surface area contributed by atoms with Crippen LogP contribution in [0.3, 0.4) is 0 Å². The van der Waals surface area contributed by atoms with Crippen molar-refractivity contribution in [3.63, 3.8) is 0 Å². The van der Waals surface area contributed by atoms with Gasteiger partial charge in [-0.1, -0.05) is 6.07 Å². The fraction of sp³-hybridized carbons (Fsp3) is 0.462. The van der Waals surface area contributed by atoms with Gasteiger partial charge in [0.05, 0.1) is 6.10 Å². The van der Waals surface area contributed by atoms with Crippen LogP contribution in [0.15, 0.2) is 30.6 Å². The van der Waals surface area contributed by atoms with Gasteiger partial charge in [-0.15, -0.1) is 0 Å². The van der Waals surface area contributed by atoms with Gasteiger partial charge in [-0.3, -0.25) is 4.40 Å². The minimum absolute atomic E-state index is 0.220. The zero-order chi connectivity index (χ0) is 11.8. The van der Waals surface area contributed by atoms with Crippen LogP contribution in [0.2, 0.25) is 0 Å². The van der Waals surface area contributed by atoms with Gasteiger partial charge in [-0.2, -0.15) is 0 Å². The van der Waals surface area contributed by atoms with E-state index in [-0.39, 0.29) is 6.10 Å². The van der Waals surface area contributed by atoms with Gasteiger partial charge in [-0.25, -0.2) is 4.98 Å². The Morgan fingerprint density at radius 3 is 3.12 bits per heavy atom. The monoisotopic (exact) mass is 231 g/mol. The molecule has 2 atom stereocenters. The Labute approximate surface area is 101 Å². The molecule has 1 aliphatic heterocycles. The molecule has 1 fully saturated rings. The predicted molar refractivity (Wildman–Crippen MR) is 67.2 cm³/mol. The van der Waals surface area contributed by atoms with Gasteiger partial charge in [0.2, 0.25) is 0 Å². The molecule has 1 saturated heterocycles. The zero-order valence-electron chi connectivity index (χ0n) is 9.95. The first-order valence-electron chi connectivity index (χ1n) is 6.11. The maximum absolute atomic E-state index is 9.64. The number of aliphatic hydroxyl groups excluding tert-OH is 1. The number of nitrogens with zero attached hydrogens (tertiary/aromatic N) is 3. The lowest BCUT2D eigenvalue weighted by Crippen LogP contribution is -2.25. The van der Waals surface area contributed by atoms with E-state index in [0.717, 1.165) is 25.2 Å². The Morgan fingerprint density at radius 2 is 2.35 bits per heavy atom. The Morgan fingerprint density at radius 1 is 1.47 bits per heavy atom. The molecule has 0 radical (unpaired) electrons. The number of aromatic nitrogens is 2. The summed E-state index contributed by atoms with van der Waals surface area (Å²) in [6.45, 7) is 3.81. The Hall–Kier alpha value is -1.55. The molecule has 4 nitrogen and oxygen atoms in total. The standard InChI is InChI=1S/C13H17N3O/c1-10(17)11-5-7-15(9-11)13-4-2-3-12-14-6-8-16(12)13/h2-4,6,8,10-11,17H,5,7,9H2,1H3. The van der Waals surface area contributed by atoms with Crippen LogP contribution in [-0.2, 0) is 0 Å². The lowest BCUT2D eigenvalue weighted by atomic mass is 10.0. The van der Waals surface area contributed by atoms with Crippen LogP contribution in [0.4, 0.5) is 5.82 Å². The molecular formula is C13H17N3O. The predicted octanol–water partition coefficient (Wildman–Crippen LogP) is 1.54. The molecule has 1 N–H and O–H groups in total. The van der Waals surface area contributed by atoms with Crippen LogP contribution < -0.4 is 4.90 Å². The SMILES string of the molecule is CC(O)C1CCN(c2cccc3nccn23)C1. The first kappa shape index (κ1) is 10.6. The van der Waals surface area contributed by atoms with E-state index in [1.165, 1.54) is 5.82 Å². The normalized spacial score (nSPS) is 22.2. The molecule has 0 saturated carbocycles. The summed E-state index contributed by atoms with van der Waals surface area (Å²) >= 11 is 0. The number of aliphatic hydroxyl groups is 1. The van der Waals surface area contributed by atoms with Gasteiger partial charge in [0.1, 0.15) is 11.5 Å².